The number of carbonyl (C=O) groups excluding carboxylic acids is 3. The van der Waals surface area contributed by atoms with Gasteiger partial charge in [-0.15, -0.1) is 0 Å². The molecule has 3 rings (SSSR count). The highest BCUT2D eigenvalue weighted by Crippen LogP contribution is 2.35. The van der Waals surface area contributed by atoms with E-state index in [1.807, 2.05) is 0 Å². The zero-order valence-corrected chi connectivity index (χ0v) is 23.4. The van der Waals surface area contributed by atoms with Gasteiger partial charge in [0.05, 0.1) is 23.6 Å². The number of thioether (sulfide) groups is 1. The average Bonchev–Trinajstić information content (AvgIpc) is 3.11. The van der Waals surface area contributed by atoms with Crippen molar-refractivity contribution >= 4 is 58.5 Å². The molecule has 1 heterocycles. The molecule has 8 nitrogen and oxygen atoms in total. The Morgan fingerprint density at radius 1 is 1.15 bits per heavy atom. The largest absolute Gasteiger partial charge is 0.458 e. The number of amides is 2. The van der Waals surface area contributed by atoms with Gasteiger partial charge in [-0.3, -0.25) is 14.5 Å². The molecule has 1 fully saturated rings. The average molecular weight is 598 g/mol. The predicted molar refractivity (Wildman–Crippen MR) is 147 cm³/mol. The fraction of sp³-hybridized carbons (Fsp3) is 0.333. The molecule has 2 aromatic carbocycles. The zero-order chi connectivity index (χ0) is 29.7. The molecular formula is C27H27ClF3N3O5S. The zero-order valence-electron chi connectivity index (χ0n) is 21.9. The number of rotatable bonds is 10. The lowest BCUT2D eigenvalue weighted by atomic mass is 10.1. The molecule has 0 radical (unpaired) electrons. The van der Waals surface area contributed by atoms with Crippen molar-refractivity contribution in [2.75, 3.05) is 25.1 Å². The van der Waals surface area contributed by atoms with Crippen LogP contribution in [0.2, 0.25) is 5.02 Å². The quantitative estimate of drug-likeness (QED) is 0.142. The Morgan fingerprint density at radius 2 is 1.88 bits per heavy atom. The molecule has 0 saturated carbocycles. The van der Waals surface area contributed by atoms with Crippen molar-refractivity contribution in [3.8, 4) is 0 Å². The van der Waals surface area contributed by atoms with E-state index < -0.39 is 34.5 Å². The molecule has 0 bridgehead atoms. The van der Waals surface area contributed by atoms with Crippen molar-refractivity contribution in [3.05, 3.63) is 68.6 Å². The lowest BCUT2D eigenvalue weighted by molar-refractivity contribution is -0.160. The van der Waals surface area contributed by atoms with Gasteiger partial charge in [0.2, 0.25) is 0 Å². The van der Waals surface area contributed by atoms with Crippen molar-refractivity contribution < 1.29 is 37.0 Å². The van der Waals surface area contributed by atoms with Crippen LogP contribution < -0.4 is 5.32 Å². The maximum atomic E-state index is 13.4. The first-order valence-electron chi connectivity index (χ1n) is 12.0. The molecule has 1 aliphatic heterocycles. The van der Waals surface area contributed by atoms with Gasteiger partial charge in [-0.05, 0) is 74.0 Å². The van der Waals surface area contributed by atoms with E-state index in [1.54, 1.807) is 39.0 Å². The maximum Gasteiger partial charge on any atom is 0.416 e. The number of carbonyl (C=O) groups is 3. The van der Waals surface area contributed by atoms with Crippen LogP contribution in [0, 0.1) is 5.41 Å². The number of esters is 1. The summed E-state index contributed by atoms with van der Waals surface area (Å²) in [5.74, 6) is -1.09. The van der Waals surface area contributed by atoms with Crippen LogP contribution in [0.5, 0.6) is 0 Å². The minimum absolute atomic E-state index is 0.0133. The topological polar surface area (TPSA) is 109 Å². The van der Waals surface area contributed by atoms with E-state index in [2.05, 4.69) is 5.32 Å². The lowest BCUT2D eigenvalue weighted by Gasteiger charge is -2.19. The van der Waals surface area contributed by atoms with Crippen LogP contribution in [-0.4, -0.2) is 53.6 Å². The molecule has 2 aromatic rings. The highest BCUT2D eigenvalue weighted by molar-refractivity contribution is 8.18. The number of nitrogens with one attached hydrogen (secondary N) is 2. The third-order valence-corrected chi connectivity index (χ3v) is 6.49. The smallest absolute Gasteiger partial charge is 0.416 e. The summed E-state index contributed by atoms with van der Waals surface area (Å²) in [4.78, 5) is 38.0. The summed E-state index contributed by atoms with van der Waals surface area (Å²) >= 11 is 6.48. The summed E-state index contributed by atoms with van der Waals surface area (Å²) in [5.41, 5.74) is -0.238. The van der Waals surface area contributed by atoms with Crippen molar-refractivity contribution in [1.82, 2.24) is 4.90 Å². The van der Waals surface area contributed by atoms with Crippen LogP contribution in [0.3, 0.4) is 0 Å². The molecular weight excluding hydrogens is 571 g/mol. The first-order valence-corrected chi connectivity index (χ1v) is 13.2. The second-order valence-corrected chi connectivity index (χ2v) is 11.0. The minimum atomic E-state index is -4.58. The second kappa shape index (κ2) is 12.9. The van der Waals surface area contributed by atoms with Crippen molar-refractivity contribution in [1.29, 1.82) is 5.41 Å². The van der Waals surface area contributed by atoms with Crippen LogP contribution in [0.25, 0.3) is 6.08 Å². The standard InChI is InChI=1S/C27H27ClF3N3O5S/c1-26(2,3)39-23(35)15-38-9-8-34-24(36)22(40-25(34)37)11-16-4-7-21(18(10-16)13-32)33-14-17-5-6-19(28)12-20(17)27(29,30)31/h4-7,10-13,32-33H,8-9,14-15H2,1-3H3. The number of imide groups is 1. The summed E-state index contributed by atoms with van der Waals surface area (Å²) in [6.45, 7) is 4.59. The predicted octanol–water partition coefficient (Wildman–Crippen LogP) is 6.36. The summed E-state index contributed by atoms with van der Waals surface area (Å²) < 4.78 is 50.5. The van der Waals surface area contributed by atoms with Crippen LogP contribution >= 0.6 is 23.4 Å². The number of halogens is 4. The number of hydrogen-bond acceptors (Lipinski definition) is 8. The highest BCUT2D eigenvalue weighted by Gasteiger charge is 2.35. The van der Waals surface area contributed by atoms with E-state index in [0.717, 1.165) is 28.9 Å². The molecule has 2 N–H and O–H groups in total. The molecule has 1 aliphatic rings. The Balaban J connectivity index is 1.64. The van der Waals surface area contributed by atoms with Crippen molar-refractivity contribution in [3.63, 3.8) is 0 Å². The Kier molecular flexibility index (Phi) is 10.0. The Morgan fingerprint density at radius 3 is 2.52 bits per heavy atom. The normalized spacial score (nSPS) is 15.1. The van der Waals surface area contributed by atoms with E-state index in [1.165, 1.54) is 18.2 Å². The maximum absolute atomic E-state index is 13.4. The Bertz CT molecular complexity index is 1340. The molecule has 0 spiro atoms. The minimum Gasteiger partial charge on any atom is -0.458 e. The van der Waals surface area contributed by atoms with Gasteiger partial charge in [-0.25, -0.2) is 4.79 Å². The van der Waals surface area contributed by atoms with E-state index >= 15 is 0 Å². The van der Waals surface area contributed by atoms with Gasteiger partial charge in [-0.1, -0.05) is 23.7 Å². The van der Waals surface area contributed by atoms with Crippen LogP contribution in [0.1, 0.15) is 43.0 Å². The third-order valence-electron chi connectivity index (χ3n) is 5.35. The summed E-state index contributed by atoms with van der Waals surface area (Å²) in [6, 6.07) is 8.27. The molecule has 13 heteroatoms. The fourth-order valence-corrected chi connectivity index (χ4v) is 4.67. The molecule has 1 saturated heterocycles. The molecule has 40 heavy (non-hydrogen) atoms. The molecule has 2 amide bonds. The Hall–Kier alpha value is -3.35. The molecule has 0 aliphatic carbocycles. The first kappa shape index (κ1) is 31.2. The van der Waals surface area contributed by atoms with Gasteiger partial charge >= 0.3 is 12.1 Å². The van der Waals surface area contributed by atoms with Gasteiger partial charge in [0.15, 0.2) is 0 Å². The van der Waals surface area contributed by atoms with Gasteiger partial charge in [0, 0.05) is 29.0 Å². The molecule has 0 atom stereocenters. The van der Waals surface area contributed by atoms with E-state index in [0.29, 0.717) is 16.8 Å². The number of anilines is 1. The fourth-order valence-electron chi connectivity index (χ4n) is 3.64. The molecule has 214 valence electrons. The molecule has 0 aromatic heterocycles. The summed E-state index contributed by atoms with van der Waals surface area (Å²) in [7, 11) is 0. The van der Waals surface area contributed by atoms with Crippen LogP contribution in [-0.2, 0) is 31.8 Å². The van der Waals surface area contributed by atoms with E-state index in [4.69, 9.17) is 26.5 Å². The first-order chi connectivity index (χ1) is 18.7. The Labute approximate surface area is 238 Å². The van der Waals surface area contributed by atoms with Gasteiger partial charge in [0.25, 0.3) is 11.1 Å². The summed E-state index contributed by atoms with van der Waals surface area (Å²) in [6.07, 6.45) is -2.06. The number of nitrogens with zero attached hydrogens (tertiary/aromatic N) is 1. The second-order valence-electron chi connectivity index (χ2n) is 9.62. The third kappa shape index (κ3) is 8.57. The monoisotopic (exact) mass is 597 g/mol. The number of alkyl halides is 3. The summed E-state index contributed by atoms with van der Waals surface area (Å²) in [5, 5.41) is 10.1. The number of ether oxygens (including phenoxy) is 2. The van der Waals surface area contributed by atoms with Gasteiger partial charge in [0.1, 0.15) is 12.2 Å². The van der Waals surface area contributed by atoms with Crippen molar-refractivity contribution in [2.24, 2.45) is 0 Å². The van der Waals surface area contributed by atoms with Crippen LogP contribution in [0.15, 0.2) is 41.3 Å². The number of hydrogen-bond donors (Lipinski definition) is 2. The SMILES string of the molecule is CC(C)(C)OC(=O)COCCN1C(=O)SC(=Cc2ccc(NCc3ccc(Cl)cc3C(F)(F)F)c(C=N)c2)C1=O. The lowest BCUT2D eigenvalue weighted by Crippen LogP contribution is -2.32. The van der Waals surface area contributed by atoms with Gasteiger partial charge in [-0.2, -0.15) is 13.2 Å². The van der Waals surface area contributed by atoms with Crippen molar-refractivity contribution in [2.45, 2.75) is 39.1 Å². The van der Waals surface area contributed by atoms with Crippen LogP contribution in [0.4, 0.5) is 23.7 Å². The highest BCUT2D eigenvalue weighted by atomic mass is 35.5. The van der Waals surface area contributed by atoms with E-state index in [-0.39, 0.29) is 41.8 Å². The van der Waals surface area contributed by atoms with Gasteiger partial charge < -0.3 is 20.2 Å². The van der Waals surface area contributed by atoms with E-state index in [9.17, 15) is 27.6 Å². The number of benzene rings is 2. The molecule has 0 unspecified atom stereocenters.